The van der Waals surface area contributed by atoms with Gasteiger partial charge in [-0.3, -0.25) is 4.79 Å². The predicted octanol–water partition coefficient (Wildman–Crippen LogP) is 4.48. The van der Waals surface area contributed by atoms with Gasteiger partial charge in [-0.1, -0.05) is 30.7 Å². The number of hydrogen-bond acceptors (Lipinski definition) is 6. The van der Waals surface area contributed by atoms with E-state index in [0.29, 0.717) is 39.7 Å². The van der Waals surface area contributed by atoms with E-state index in [-0.39, 0.29) is 17.3 Å². The minimum atomic E-state index is -3.41. The molecule has 0 saturated carbocycles. The molecule has 3 rings (SSSR count). The molecule has 0 bridgehead atoms. The second kappa shape index (κ2) is 9.42. The zero-order chi connectivity index (χ0) is 23.6. The van der Waals surface area contributed by atoms with E-state index >= 15 is 0 Å². The van der Waals surface area contributed by atoms with Crippen molar-refractivity contribution < 1.29 is 13.2 Å². The Bertz CT molecular complexity index is 1290. The van der Waals surface area contributed by atoms with Gasteiger partial charge in [0.25, 0.3) is 5.56 Å². The number of para-hydroxylation sites is 1. The van der Waals surface area contributed by atoms with Crippen molar-refractivity contribution in [1.82, 2.24) is 14.5 Å². The van der Waals surface area contributed by atoms with Crippen LogP contribution in [0, 0.1) is 6.92 Å². The molecule has 0 atom stereocenters. The highest BCUT2D eigenvalue weighted by atomic mass is 35.5. The lowest BCUT2D eigenvalue weighted by Crippen LogP contribution is -2.19. The zero-order valence-corrected chi connectivity index (χ0v) is 20.3. The molecule has 0 N–H and O–H groups in total. The predicted molar refractivity (Wildman–Crippen MR) is 126 cm³/mol. The molecule has 170 valence electrons. The highest BCUT2D eigenvalue weighted by Gasteiger charge is 2.21. The number of pyridine rings is 1. The molecule has 0 fully saturated rings. The van der Waals surface area contributed by atoms with Gasteiger partial charge in [-0.15, -0.1) is 0 Å². The Morgan fingerprint density at radius 2 is 1.91 bits per heavy atom. The van der Waals surface area contributed by atoms with Crippen molar-refractivity contribution in [2.45, 2.75) is 45.1 Å². The molecular weight excluding hydrogens is 450 g/mol. The molecule has 0 aliphatic carbocycles. The van der Waals surface area contributed by atoms with E-state index in [1.165, 1.54) is 4.57 Å². The minimum absolute atomic E-state index is 0.00855. The van der Waals surface area contributed by atoms with Gasteiger partial charge in [0.15, 0.2) is 15.6 Å². The molecule has 0 unspecified atom stereocenters. The summed E-state index contributed by atoms with van der Waals surface area (Å²) in [5.74, 6) is 0.174. The van der Waals surface area contributed by atoms with Crippen molar-refractivity contribution in [3.8, 4) is 23.0 Å². The van der Waals surface area contributed by atoms with Gasteiger partial charge in [0.1, 0.15) is 0 Å². The van der Waals surface area contributed by atoms with Gasteiger partial charge in [0.05, 0.1) is 27.4 Å². The van der Waals surface area contributed by atoms with Crippen LogP contribution in [0.15, 0.2) is 41.3 Å². The third-order valence-corrected chi connectivity index (χ3v) is 7.54. The SMILES string of the molecule is CCc1cccc(Cl)c1Oc1nc(CS(=O)(=O)C(C)C)cc(-c2cc(C)c(=O)n(C)c2)n1. The van der Waals surface area contributed by atoms with E-state index in [1.807, 2.05) is 19.1 Å². The van der Waals surface area contributed by atoms with Crippen molar-refractivity contribution in [1.29, 1.82) is 0 Å². The van der Waals surface area contributed by atoms with Crippen molar-refractivity contribution in [2.24, 2.45) is 7.05 Å². The number of aromatic nitrogens is 3. The molecular formula is C23H26ClN3O4S. The molecule has 3 aromatic rings. The van der Waals surface area contributed by atoms with Crippen LogP contribution in [0.2, 0.25) is 5.02 Å². The van der Waals surface area contributed by atoms with E-state index in [0.717, 1.165) is 5.56 Å². The van der Waals surface area contributed by atoms with Gasteiger partial charge in [-0.25, -0.2) is 8.42 Å². The fourth-order valence-corrected chi connectivity index (χ4v) is 4.29. The van der Waals surface area contributed by atoms with Crippen molar-refractivity contribution in [3.63, 3.8) is 0 Å². The number of nitrogens with zero attached hydrogens (tertiary/aromatic N) is 3. The maximum absolute atomic E-state index is 12.6. The van der Waals surface area contributed by atoms with E-state index in [1.54, 1.807) is 52.2 Å². The fraction of sp³-hybridized carbons (Fsp3) is 0.348. The first kappa shape index (κ1) is 23.9. The molecule has 2 heterocycles. The lowest BCUT2D eigenvalue weighted by molar-refractivity contribution is 0.436. The summed E-state index contributed by atoms with van der Waals surface area (Å²) < 4.78 is 32.5. The van der Waals surface area contributed by atoms with Crippen LogP contribution < -0.4 is 10.3 Å². The number of benzene rings is 1. The van der Waals surface area contributed by atoms with Gasteiger partial charge >= 0.3 is 6.01 Å². The van der Waals surface area contributed by atoms with Gasteiger partial charge < -0.3 is 9.30 Å². The molecule has 0 spiro atoms. The van der Waals surface area contributed by atoms with Crippen LogP contribution in [0.4, 0.5) is 0 Å². The van der Waals surface area contributed by atoms with Crippen molar-refractivity contribution in [3.05, 3.63) is 68.7 Å². The lowest BCUT2D eigenvalue weighted by atomic mass is 10.1. The summed E-state index contributed by atoms with van der Waals surface area (Å²) in [5.41, 5.74) is 2.70. The van der Waals surface area contributed by atoms with Gasteiger partial charge in [0.2, 0.25) is 0 Å². The topological polar surface area (TPSA) is 91.1 Å². The van der Waals surface area contributed by atoms with Gasteiger partial charge in [0, 0.05) is 24.4 Å². The highest BCUT2D eigenvalue weighted by molar-refractivity contribution is 7.91. The van der Waals surface area contributed by atoms with Crippen molar-refractivity contribution in [2.75, 3.05) is 0 Å². The van der Waals surface area contributed by atoms with E-state index in [4.69, 9.17) is 16.3 Å². The summed E-state index contributed by atoms with van der Waals surface area (Å²) in [5, 5.41) is -0.145. The largest absolute Gasteiger partial charge is 0.422 e. The highest BCUT2D eigenvalue weighted by Crippen LogP contribution is 2.33. The number of rotatable bonds is 7. The van der Waals surface area contributed by atoms with E-state index in [9.17, 15) is 13.2 Å². The average Bonchev–Trinajstić information content (AvgIpc) is 2.72. The maximum Gasteiger partial charge on any atom is 0.322 e. The Kier molecular flexibility index (Phi) is 7.05. The third kappa shape index (κ3) is 5.19. The van der Waals surface area contributed by atoms with Crippen LogP contribution >= 0.6 is 11.6 Å². The summed E-state index contributed by atoms with van der Waals surface area (Å²) in [6.07, 6.45) is 2.33. The zero-order valence-electron chi connectivity index (χ0n) is 18.7. The molecule has 0 radical (unpaired) electrons. The molecule has 0 saturated heterocycles. The number of sulfone groups is 1. The quantitative estimate of drug-likeness (QED) is 0.500. The monoisotopic (exact) mass is 475 g/mol. The van der Waals surface area contributed by atoms with E-state index < -0.39 is 15.1 Å². The van der Waals surface area contributed by atoms with E-state index in [2.05, 4.69) is 9.97 Å². The van der Waals surface area contributed by atoms with Crippen LogP contribution in [0.5, 0.6) is 11.8 Å². The molecule has 0 aliphatic rings. The fourth-order valence-electron chi connectivity index (χ4n) is 3.17. The van der Waals surface area contributed by atoms with Crippen LogP contribution in [-0.2, 0) is 29.1 Å². The maximum atomic E-state index is 12.6. The Morgan fingerprint density at radius 3 is 2.53 bits per heavy atom. The summed E-state index contributed by atoms with van der Waals surface area (Å²) in [4.78, 5) is 21.0. The Balaban J connectivity index is 2.16. The Labute approximate surface area is 193 Å². The minimum Gasteiger partial charge on any atom is -0.422 e. The lowest BCUT2D eigenvalue weighted by Gasteiger charge is -2.14. The Morgan fingerprint density at radius 1 is 1.19 bits per heavy atom. The van der Waals surface area contributed by atoms with Crippen molar-refractivity contribution >= 4 is 21.4 Å². The normalized spacial score (nSPS) is 11.7. The first-order valence-corrected chi connectivity index (χ1v) is 12.3. The summed E-state index contributed by atoms with van der Waals surface area (Å²) in [6, 6.07) is 8.75. The average molecular weight is 476 g/mol. The van der Waals surface area contributed by atoms with Crippen LogP contribution in [0.25, 0.3) is 11.3 Å². The summed E-state index contributed by atoms with van der Waals surface area (Å²) in [6.45, 7) is 6.94. The molecule has 9 heteroatoms. The van der Waals surface area contributed by atoms with Crippen LogP contribution in [-0.4, -0.2) is 28.2 Å². The number of ether oxygens (including phenoxy) is 1. The summed E-state index contributed by atoms with van der Waals surface area (Å²) >= 11 is 6.35. The molecule has 2 aromatic heterocycles. The second-order valence-electron chi connectivity index (χ2n) is 7.89. The molecule has 7 nitrogen and oxygen atoms in total. The second-order valence-corrected chi connectivity index (χ2v) is 10.9. The molecule has 0 amide bonds. The van der Waals surface area contributed by atoms with Crippen LogP contribution in [0.3, 0.4) is 0 Å². The third-order valence-electron chi connectivity index (χ3n) is 5.11. The van der Waals surface area contributed by atoms with Crippen LogP contribution in [0.1, 0.15) is 37.6 Å². The first-order valence-electron chi connectivity index (χ1n) is 10.2. The molecule has 0 aliphatic heterocycles. The standard InChI is InChI=1S/C23H26ClN3O4S/c1-6-16-8-7-9-19(24)21(16)31-23-25-18(13-32(29,30)14(2)3)11-20(26-23)17-10-15(4)22(28)27(5)12-17/h7-12,14H,6,13H2,1-5H3. The Hall–Kier alpha value is -2.71. The number of aryl methyl sites for hydroxylation is 3. The van der Waals surface area contributed by atoms with Gasteiger partial charge in [-0.2, -0.15) is 9.97 Å². The smallest absolute Gasteiger partial charge is 0.322 e. The molecule has 32 heavy (non-hydrogen) atoms. The first-order chi connectivity index (χ1) is 15.0. The summed E-state index contributed by atoms with van der Waals surface area (Å²) in [7, 11) is -1.76. The number of halogens is 1. The molecule has 1 aromatic carbocycles. The van der Waals surface area contributed by atoms with Gasteiger partial charge in [-0.05, 0) is 51.0 Å². The number of hydrogen-bond donors (Lipinski definition) is 0.